The Labute approximate surface area is 136 Å². The van der Waals surface area contributed by atoms with Crippen LogP contribution in [0, 0.1) is 0 Å². The summed E-state index contributed by atoms with van der Waals surface area (Å²) in [6, 6.07) is 4.07. The molecule has 3 N–H and O–H groups in total. The highest BCUT2D eigenvalue weighted by molar-refractivity contribution is 5.31. The molecule has 0 radical (unpaired) electrons. The van der Waals surface area contributed by atoms with Crippen LogP contribution in [0.5, 0.6) is 0 Å². The standard InChI is InChI=1S/C16H24N6O/c1-12(2)22-10-14(19-20-22)16(23)5-3-7-21(11-16)9-13-4-6-18-15(17)8-13/h4,6,8,10,12,23H,3,5,7,9,11H2,1-2H3,(H2,17,18)/t16-/m0/s1. The molecule has 0 aromatic carbocycles. The third-order valence-corrected chi connectivity index (χ3v) is 4.32. The SMILES string of the molecule is CC(C)n1cc([C@]2(O)CCCN(Cc3ccnc(N)c3)C2)nn1. The number of aliphatic hydroxyl groups is 1. The Morgan fingerprint density at radius 3 is 2.96 bits per heavy atom. The molecule has 0 aliphatic carbocycles. The van der Waals surface area contributed by atoms with E-state index in [-0.39, 0.29) is 6.04 Å². The van der Waals surface area contributed by atoms with Crippen LogP contribution in [0.4, 0.5) is 5.82 Å². The van der Waals surface area contributed by atoms with E-state index in [0.29, 0.717) is 24.5 Å². The molecule has 0 bridgehead atoms. The maximum absolute atomic E-state index is 11.0. The number of pyridine rings is 1. The molecule has 0 amide bonds. The van der Waals surface area contributed by atoms with Crippen LogP contribution in [-0.4, -0.2) is 43.1 Å². The quantitative estimate of drug-likeness (QED) is 0.883. The second-order valence-corrected chi connectivity index (χ2v) is 6.61. The van der Waals surface area contributed by atoms with Gasteiger partial charge in [-0.2, -0.15) is 0 Å². The average Bonchev–Trinajstić information content (AvgIpc) is 2.98. The van der Waals surface area contributed by atoms with Gasteiger partial charge < -0.3 is 10.8 Å². The molecular weight excluding hydrogens is 292 g/mol. The summed E-state index contributed by atoms with van der Waals surface area (Å²) in [7, 11) is 0. The van der Waals surface area contributed by atoms with E-state index in [4.69, 9.17) is 5.73 Å². The van der Waals surface area contributed by atoms with Crippen LogP contribution in [0.3, 0.4) is 0 Å². The van der Waals surface area contributed by atoms with Crippen molar-refractivity contribution >= 4 is 5.82 Å². The number of hydrogen-bond acceptors (Lipinski definition) is 6. The van der Waals surface area contributed by atoms with Gasteiger partial charge >= 0.3 is 0 Å². The molecule has 1 saturated heterocycles. The maximum atomic E-state index is 11.0. The molecule has 1 atom stereocenters. The number of hydrogen-bond donors (Lipinski definition) is 2. The Hall–Kier alpha value is -1.99. The first-order chi connectivity index (χ1) is 11.0. The summed E-state index contributed by atoms with van der Waals surface area (Å²) in [6.45, 7) is 6.33. The number of anilines is 1. The Balaban J connectivity index is 1.73. The predicted molar refractivity (Wildman–Crippen MR) is 87.5 cm³/mol. The van der Waals surface area contributed by atoms with Gasteiger partial charge in [0.2, 0.25) is 0 Å². The molecule has 0 saturated carbocycles. The molecule has 0 spiro atoms. The molecule has 3 rings (SSSR count). The molecule has 1 aliphatic rings. The van der Waals surface area contributed by atoms with E-state index in [0.717, 1.165) is 25.1 Å². The minimum absolute atomic E-state index is 0.235. The second-order valence-electron chi connectivity index (χ2n) is 6.61. The fourth-order valence-corrected chi connectivity index (χ4v) is 3.06. The first-order valence-electron chi connectivity index (χ1n) is 8.04. The number of nitrogens with two attached hydrogens (primary N) is 1. The molecule has 124 valence electrons. The normalized spacial score (nSPS) is 22.6. The van der Waals surface area contributed by atoms with Crippen molar-refractivity contribution < 1.29 is 5.11 Å². The van der Waals surface area contributed by atoms with Gasteiger partial charge in [0, 0.05) is 25.3 Å². The van der Waals surface area contributed by atoms with Crippen LogP contribution in [0.1, 0.15) is 44.0 Å². The van der Waals surface area contributed by atoms with E-state index in [1.165, 1.54) is 0 Å². The van der Waals surface area contributed by atoms with Gasteiger partial charge in [-0.15, -0.1) is 5.10 Å². The highest BCUT2D eigenvalue weighted by Crippen LogP contribution is 2.31. The van der Waals surface area contributed by atoms with Gasteiger partial charge in [-0.3, -0.25) is 4.90 Å². The number of nitrogens with zero attached hydrogens (tertiary/aromatic N) is 5. The molecule has 7 nitrogen and oxygen atoms in total. The van der Waals surface area contributed by atoms with Crippen LogP contribution in [0.15, 0.2) is 24.5 Å². The molecular formula is C16H24N6O. The monoisotopic (exact) mass is 316 g/mol. The Bertz CT molecular complexity index is 670. The molecule has 23 heavy (non-hydrogen) atoms. The summed E-state index contributed by atoms with van der Waals surface area (Å²) >= 11 is 0. The van der Waals surface area contributed by atoms with Crippen LogP contribution in [0.2, 0.25) is 0 Å². The highest BCUT2D eigenvalue weighted by Gasteiger charge is 2.37. The van der Waals surface area contributed by atoms with E-state index in [1.54, 1.807) is 10.9 Å². The lowest BCUT2D eigenvalue weighted by Gasteiger charge is -2.38. The average molecular weight is 316 g/mol. The lowest BCUT2D eigenvalue weighted by Crippen LogP contribution is -2.45. The summed E-state index contributed by atoms with van der Waals surface area (Å²) in [5.41, 5.74) is 6.56. The van der Waals surface area contributed by atoms with Gasteiger partial charge in [0.1, 0.15) is 17.1 Å². The topological polar surface area (TPSA) is 93.1 Å². The third kappa shape index (κ3) is 3.51. The maximum Gasteiger partial charge on any atom is 0.123 e. The van der Waals surface area contributed by atoms with Crippen LogP contribution >= 0.6 is 0 Å². The zero-order chi connectivity index (χ0) is 16.4. The largest absolute Gasteiger partial charge is 0.384 e. The highest BCUT2D eigenvalue weighted by atomic mass is 16.3. The van der Waals surface area contributed by atoms with Gasteiger partial charge in [-0.1, -0.05) is 5.21 Å². The number of β-amino-alcohol motifs (C(OH)–C–C–N with tert-alkyl or cyclic N) is 1. The van der Waals surface area contributed by atoms with E-state index in [9.17, 15) is 5.11 Å². The van der Waals surface area contributed by atoms with Crippen LogP contribution < -0.4 is 5.73 Å². The summed E-state index contributed by atoms with van der Waals surface area (Å²) in [6.07, 6.45) is 5.21. The van der Waals surface area contributed by atoms with Crippen molar-refractivity contribution in [2.24, 2.45) is 0 Å². The van der Waals surface area contributed by atoms with Crippen molar-refractivity contribution in [1.29, 1.82) is 0 Å². The van der Waals surface area contributed by atoms with Crippen molar-refractivity contribution in [2.75, 3.05) is 18.8 Å². The van der Waals surface area contributed by atoms with Gasteiger partial charge in [-0.05, 0) is 50.9 Å². The van der Waals surface area contributed by atoms with Crippen molar-refractivity contribution in [3.63, 3.8) is 0 Å². The second kappa shape index (κ2) is 6.25. The summed E-state index contributed by atoms with van der Waals surface area (Å²) in [4.78, 5) is 6.25. The van der Waals surface area contributed by atoms with Gasteiger partial charge in [0.15, 0.2) is 0 Å². The van der Waals surface area contributed by atoms with Gasteiger partial charge in [0.25, 0.3) is 0 Å². The minimum atomic E-state index is -0.941. The first kappa shape index (κ1) is 15.9. The fraction of sp³-hybridized carbons (Fsp3) is 0.562. The molecule has 3 heterocycles. The molecule has 2 aromatic rings. The zero-order valence-electron chi connectivity index (χ0n) is 13.7. The van der Waals surface area contributed by atoms with Crippen LogP contribution in [0.25, 0.3) is 0 Å². The lowest BCUT2D eigenvalue weighted by atomic mass is 9.90. The number of nitrogen functional groups attached to an aromatic ring is 1. The molecule has 1 fully saturated rings. The number of rotatable bonds is 4. The summed E-state index contributed by atoms with van der Waals surface area (Å²) in [5, 5.41) is 19.4. The lowest BCUT2D eigenvalue weighted by molar-refractivity contribution is -0.0414. The third-order valence-electron chi connectivity index (χ3n) is 4.32. The van der Waals surface area contributed by atoms with Crippen LogP contribution in [-0.2, 0) is 12.1 Å². The van der Waals surface area contributed by atoms with Crippen molar-refractivity contribution in [2.45, 2.75) is 44.9 Å². The Morgan fingerprint density at radius 2 is 2.26 bits per heavy atom. The zero-order valence-corrected chi connectivity index (χ0v) is 13.7. The van der Waals surface area contributed by atoms with Gasteiger partial charge in [-0.25, -0.2) is 9.67 Å². The first-order valence-corrected chi connectivity index (χ1v) is 8.04. The summed E-state index contributed by atoms with van der Waals surface area (Å²) in [5.74, 6) is 0.523. The molecule has 2 aromatic heterocycles. The predicted octanol–water partition coefficient (Wildman–Crippen LogP) is 1.32. The number of piperidine rings is 1. The number of aromatic nitrogens is 4. The minimum Gasteiger partial charge on any atom is -0.384 e. The molecule has 1 aliphatic heterocycles. The Kier molecular flexibility index (Phi) is 4.32. The van der Waals surface area contributed by atoms with Crippen molar-refractivity contribution in [3.05, 3.63) is 35.8 Å². The molecule has 0 unspecified atom stereocenters. The van der Waals surface area contributed by atoms with E-state index in [2.05, 4.69) is 20.2 Å². The number of likely N-dealkylation sites (tertiary alicyclic amines) is 1. The van der Waals surface area contributed by atoms with Crippen molar-refractivity contribution in [1.82, 2.24) is 24.9 Å². The van der Waals surface area contributed by atoms with E-state index in [1.807, 2.05) is 32.2 Å². The van der Waals surface area contributed by atoms with E-state index >= 15 is 0 Å². The van der Waals surface area contributed by atoms with E-state index < -0.39 is 5.60 Å². The Morgan fingerprint density at radius 1 is 1.43 bits per heavy atom. The molecule has 7 heteroatoms. The smallest absolute Gasteiger partial charge is 0.123 e. The summed E-state index contributed by atoms with van der Waals surface area (Å²) < 4.78 is 1.79. The fourth-order valence-electron chi connectivity index (χ4n) is 3.06. The van der Waals surface area contributed by atoms with Gasteiger partial charge in [0.05, 0.1) is 6.20 Å². The van der Waals surface area contributed by atoms with Crippen molar-refractivity contribution in [3.8, 4) is 0 Å².